The van der Waals surface area contributed by atoms with Gasteiger partial charge >= 0.3 is 5.97 Å². The molecule has 5 nitrogen and oxygen atoms in total. The van der Waals surface area contributed by atoms with E-state index in [2.05, 4.69) is 10.3 Å². The molecular formula is C15H19N3O2S. The average Bonchev–Trinajstić information content (AvgIpc) is 2.88. The van der Waals surface area contributed by atoms with Crippen molar-refractivity contribution in [2.24, 2.45) is 0 Å². The van der Waals surface area contributed by atoms with Crippen LogP contribution in [0.3, 0.4) is 0 Å². The second-order valence-electron chi connectivity index (χ2n) is 4.92. The Kier molecular flexibility index (Phi) is 4.47. The molecule has 21 heavy (non-hydrogen) atoms. The number of rotatable bonds is 4. The summed E-state index contributed by atoms with van der Waals surface area (Å²) in [4.78, 5) is 17.3. The molecule has 2 rings (SSSR count). The SMILES string of the molecule is COC(=O)c1cc(NC(C)c2ncc(C)s2)cc(C)c1N. The highest BCUT2D eigenvalue weighted by atomic mass is 32.1. The Bertz CT molecular complexity index is 667. The van der Waals surface area contributed by atoms with E-state index in [1.165, 1.54) is 12.0 Å². The molecule has 0 aliphatic heterocycles. The third-order valence-corrected chi connectivity index (χ3v) is 4.28. The second-order valence-corrected chi connectivity index (χ2v) is 6.19. The largest absolute Gasteiger partial charge is 0.465 e. The first-order valence-electron chi connectivity index (χ1n) is 6.59. The number of hydrogen-bond donors (Lipinski definition) is 2. The maximum atomic E-state index is 11.8. The van der Waals surface area contributed by atoms with Gasteiger partial charge in [0.2, 0.25) is 0 Å². The zero-order valence-electron chi connectivity index (χ0n) is 12.6. The molecule has 1 unspecified atom stereocenters. The van der Waals surface area contributed by atoms with Gasteiger partial charge in [-0.05, 0) is 38.5 Å². The van der Waals surface area contributed by atoms with Gasteiger partial charge in [-0.15, -0.1) is 11.3 Å². The van der Waals surface area contributed by atoms with E-state index < -0.39 is 5.97 Å². The average molecular weight is 305 g/mol. The number of nitrogen functional groups attached to an aromatic ring is 1. The van der Waals surface area contributed by atoms with Crippen LogP contribution in [0.5, 0.6) is 0 Å². The molecule has 0 fully saturated rings. The number of nitrogens with one attached hydrogen (secondary N) is 1. The van der Waals surface area contributed by atoms with E-state index in [-0.39, 0.29) is 6.04 Å². The summed E-state index contributed by atoms with van der Waals surface area (Å²) in [6.45, 7) is 5.92. The molecular weight excluding hydrogens is 286 g/mol. The zero-order valence-corrected chi connectivity index (χ0v) is 13.4. The number of ether oxygens (including phenoxy) is 1. The maximum Gasteiger partial charge on any atom is 0.340 e. The van der Waals surface area contributed by atoms with E-state index in [1.54, 1.807) is 17.4 Å². The fourth-order valence-corrected chi connectivity index (χ4v) is 2.82. The number of nitrogens with two attached hydrogens (primary N) is 1. The van der Waals surface area contributed by atoms with Crippen molar-refractivity contribution in [3.05, 3.63) is 39.3 Å². The molecule has 2 aromatic rings. The molecule has 0 amide bonds. The number of aromatic nitrogens is 1. The Hall–Kier alpha value is -2.08. The lowest BCUT2D eigenvalue weighted by molar-refractivity contribution is 0.0602. The first-order chi connectivity index (χ1) is 9.92. The van der Waals surface area contributed by atoms with E-state index >= 15 is 0 Å². The molecule has 1 atom stereocenters. The number of methoxy groups -OCH3 is 1. The van der Waals surface area contributed by atoms with Gasteiger partial charge in [0.15, 0.2) is 0 Å². The van der Waals surface area contributed by atoms with Crippen molar-refractivity contribution in [2.45, 2.75) is 26.8 Å². The Morgan fingerprint density at radius 2 is 2.14 bits per heavy atom. The third kappa shape index (κ3) is 3.33. The van der Waals surface area contributed by atoms with E-state index in [0.717, 1.165) is 16.3 Å². The molecule has 1 aromatic heterocycles. The summed E-state index contributed by atoms with van der Waals surface area (Å²) in [5.74, 6) is -0.433. The summed E-state index contributed by atoms with van der Waals surface area (Å²) in [7, 11) is 1.35. The molecule has 1 aromatic carbocycles. The zero-order chi connectivity index (χ0) is 15.6. The van der Waals surface area contributed by atoms with Crippen LogP contribution in [0, 0.1) is 13.8 Å². The van der Waals surface area contributed by atoms with E-state index in [1.807, 2.05) is 33.0 Å². The predicted octanol–water partition coefficient (Wildman–Crippen LogP) is 3.30. The van der Waals surface area contributed by atoms with Crippen molar-refractivity contribution in [1.82, 2.24) is 4.98 Å². The second kappa shape index (κ2) is 6.13. The van der Waals surface area contributed by atoms with Gasteiger partial charge < -0.3 is 15.8 Å². The standard InChI is InChI=1S/C15H19N3O2S/c1-8-5-11(6-12(13(8)16)15(19)20-4)18-10(3)14-17-7-9(2)21-14/h5-7,10,18H,16H2,1-4H3. The Morgan fingerprint density at radius 1 is 1.43 bits per heavy atom. The normalized spacial score (nSPS) is 12.0. The Labute approximate surface area is 128 Å². The minimum Gasteiger partial charge on any atom is -0.465 e. The van der Waals surface area contributed by atoms with Crippen molar-refractivity contribution in [1.29, 1.82) is 0 Å². The predicted molar refractivity (Wildman–Crippen MR) is 85.8 cm³/mol. The molecule has 0 bridgehead atoms. The lowest BCUT2D eigenvalue weighted by Gasteiger charge is -2.16. The number of thiazole rings is 1. The number of nitrogens with zero attached hydrogens (tertiary/aromatic N) is 1. The summed E-state index contributed by atoms with van der Waals surface area (Å²) < 4.78 is 4.76. The van der Waals surface area contributed by atoms with Crippen molar-refractivity contribution in [3.63, 3.8) is 0 Å². The van der Waals surface area contributed by atoms with E-state index in [4.69, 9.17) is 10.5 Å². The molecule has 6 heteroatoms. The fraction of sp³-hybridized carbons (Fsp3) is 0.333. The van der Waals surface area contributed by atoms with Crippen LogP contribution in [-0.2, 0) is 4.74 Å². The highest BCUT2D eigenvalue weighted by molar-refractivity contribution is 7.11. The van der Waals surface area contributed by atoms with Gasteiger partial charge in [-0.1, -0.05) is 0 Å². The molecule has 0 radical (unpaired) electrons. The van der Waals surface area contributed by atoms with E-state index in [9.17, 15) is 4.79 Å². The molecule has 0 saturated heterocycles. The minimum absolute atomic E-state index is 0.0530. The van der Waals surface area contributed by atoms with Crippen LogP contribution in [0.15, 0.2) is 18.3 Å². The quantitative estimate of drug-likeness (QED) is 0.669. The van der Waals surface area contributed by atoms with Gasteiger partial charge in [0, 0.05) is 22.4 Å². The molecule has 0 aliphatic rings. The fourth-order valence-electron chi connectivity index (χ4n) is 2.04. The summed E-state index contributed by atoms with van der Waals surface area (Å²) in [5, 5.41) is 4.34. The van der Waals surface area contributed by atoms with Gasteiger partial charge in [-0.2, -0.15) is 0 Å². The highest BCUT2D eigenvalue weighted by Crippen LogP contribution is 2.27. The van der Waals surface area contributed by atoms with Crippen LogP contribution in [0.2, 0.25) is 0 Å². The van der Waals surface area contributed by atoms with Crippen LogP contribution >= 0.6 is 11.3 Å². The van der Waals surface area contributed by atoms with Gasteiger partial charge in [0.1, 0.15) is 5.01 Å². The van der Waals surface area contributed by atoms with Crippen LogP contribution < -0.4 is 11.1 Å². The summed E-state index contributed by atoms with van der Waals surface area (Å²) >= 11 is 1.65. The molecule has 0 spiro atoms. The number of aryl methyl sites for hydroxylation is 2. The maximum absolute atomic E-state index is 11.8. The van der Waals surface area contributed by atoms with Crippen LogP contribution in [0.4, 0.5) is 11.4 Å². The van der Waals surface area contributed by atoms with Crippen molar-refractivity contribution in [2.75, 3.05) is 18.2 Å². The molecule has 0 aliphatic carbocycles. The monoisotopic (exact) mass is 305 g/mol. The van der Waals surface area contributed by atoms with Crippen molar-refractivity contribution in [3.8, 4) is 0 Å². The van der Waals surface area contributed by atoms with Crippen LogP contribution in [0.25, 0.3) is 0 Å². The van der Waals surface area contributed by atoms with Gasteiger partial charge in [-0.25, -0.2) is 9.78 Å². The number of hydrogen-bond acceptors (Lipinski definition) is 6. The molecule has 3 N–H and O–H groups in total. The number of benzene rings is 1. The topological polar surface area (TPSA) is 77.2 Å². The van der Waals surface area contributed by atoms with Gasteiger partial charge in [0.05, 0.1) is 18.7 Å². The van der Waals surface area contributed by atoms with Crippen LogP contribution in [-0.4, -0.2) is 18.1 Å². The van der Waals surface area contributed by atoms with E-state index in [0.29, 0.717) is 11.3 Å². The number of esters is 1. The number of carbonyl (C=O) groups is 1. The summed E-state index contributed by atoms with van der Waals surface area (Å²) in [6.07, 6.45) is 1.85. The lowest BCUT2D eigenvalue weighted by atomic mass is 10.1. The Morgan fingerprint density at radius 3 is 2.71 bits per heavy atom. The van der Waals surface area contributed by atoms with Crippen molar-refractivity contribution >= 4 is 28.7 Å². The van der Waals surface area contributed by atoms with Gasteiger partial charge in [0.25, 0.3) is 0 Å². The van der Waals surface area contributed by atoms with Crippen molar-refractivity contribution < 1.29 is 9.53 Å². The van der Waals surface area contributed by atoms with Crippen LogP contribution in [0.1, 0.15) is 38.8 Å². The first-order valence-corrected chi connectivity index (χ1v) is 7.41. The minimum atomic E-state index is -0.433. The smallest absolute Gasteiger partial charge is 0.340 e. The Balaban J connectivity index is 2.28. The number of anilines is 2. The highest BCUT2D eigenvalue weighted by Gasteiger charge is 2.15. The third-order valence-electron chi connectivity index (χ3n) is 3.18. The lowest BCUT2D eigenvalue weighted by Crippen LogP contribution is -2.11. The number of carbonyl (C=O) groups excluding carboxylic acids is 1. The summed E-state index contributed by atoms with van der Waals surface area (Å²) in [5.41, 5.74) is 8.42. The summed E-state index contributed by atoms with van der Waals surface area (Å²) in [6, 6.07) is 3.68. The molecule has 112 valence electrons. The molecule has 0 saturated carbocycles. The van der Waals surface area contributed by atoms with Gasteiger partial charge in [-0.3, -0.25) is 0 Å². The molecule has 1 heterocycles. The first kappa shape index (κ1) is 15.3.